The van der Waals surface area contributed by atoms with Gasteiger partial charge in [0.05, 0.1) is 5.69 Å². The van der Waals surface area contributed by atoms with Gasteiger partial charge >= 0.3 is 0 Å². The molecular formula is C17H18ClN3O. The van der Waals surface area contributed by atoms with E-state index in [0.717, 1.165) is 36.2 Å². The van der Waals surface area contributed by atoms with E-state index < -0.39 is 0 Å². The van der Waals surface area contributed by atoms with Gasteiger partial charge in [-0.1, -0.05) is 11.6 Å². The maximum absolute atomic E-state index is 12.6. The Morgan fingerprint density at radius 2 is 1.86 bits per heavy atom. The molecule has 0 bridgehead atoms. The summed E-state index contributed by atoms with van der Waals surface area (Å²) in [6.07, 6.45) is 3.66. The van der Waals surface area contributed by atoms with E-state index >= 15 is 0 Å². The number of anilines is 1. The molecule has 1 aromatic heterocycles. The smallest absolute Gasteiger partial charge is 0.260 e. The molecule has 5 heteroatoms. The lowest BCUT2D eigenvalue weighted by molar-refractivity contribution is 0.569. The van der Waals surface area contributed by atoms with Crippen LogP contribution >= 0.6 is 11.6 Å². The monoisotopic (exact) mass is 315 g/mol. The first-order valence-corrected chi connectivity index (χ1v) is 8.11. The fourth-order valence-corrected chi connectivity index (χ4v) is 3.80. The van der Waals surface area contributed by atoms with Gasteiger partial charge in [-0.05, 0) is 55.4 Å². The second kappa shape index (κ2) is 5.13. The summed E-state index contributed by atoms with van der Waals surface area (Å²) in [4.78, 5) is 17.3. The number of hydrogen-bond acceptors (Lipinski definition) is 3. The Kier molecular flexibility index (Phi) is 3.22. The quantitative estimate of drug-likeness (QED) is 0.943. The molecule has 1 N–H and O–H groups in total. The Morgan fingerprint density at radius 3 is 2.50 bits per heavy atom. The summed E-state index contributed by atoms with van der Waals surface area (Å²) in [5.74, 6) is 3.59. The number of hydrogen-bond donors (Lipinski definition) is 1. The summed E-state index contributed by atoms with van der Waals surface area (Å²) >= 11 is 5.97. The van der Waals surface area contributed by atoms with Crippen molar-refractivity contribution in [3.8, 4) is 5.69 Å². The Morgan fingerprint density at radius 1 is 1.18 bits per heavy atom. The highest BCUT2D eigenvalue weighted by atomic mass is 35.5. The van der Waals surface area contributed by atoms with E-state index in [1.807, 2.05) is 24.3 Å². The van der Waals surface area contributed by atoms with E-state index in [0.29, 0.717) is 16.8 Å². The van der Waals surface area contributed by atoms with Crippen molar-refractivity contribution in [1.29, 1.82) is 0 Å². The van der Waals surface area contributed by atoms with E-state index in [1.54, 1.807) is 17.7 Å². The van der Waals surface area contributed by atoms with Gasteiger partial charge in [0.15, 0.2) is 0 Å². The number of nitrogens with zero attached hydrogens (tertiary/aromatic N) is 2. The predicted molar refractivity (Wildman–Crippen MR) is 88.0 cm³/mol. The number of aromatic nitrogens is 2. The molecule has 0 aliphatic heterocycles. The third kappa shape index (κ3) is 2.31. The van der Waals surface area contributed by atoms with Crippen molar-refractivity contribution in [3.05, 3.63) is 51.5 Å². The highest BCUT2D eigenvalue weighted by Crippen LogP contribution is 2.57. The summed E-state index contributed by atoms with van der Waals surface area (Å²) < 4.78 is 1.74. The first kappa shape index (κ1) is 13.8. The van der Waals surface area contributed by atoms with Crippen molar-refractivity contribution >= 4 is 17.4 Å². The van der Waals surface area contributed by atoms with E-state index in [-0.39, 0.29) is 5.56 Å². The molecule has 0 saturated heterocycles. The van der Waals surface area contributed by atoms with Gasteiger partial charge < -0.3 is 5.32 Å². The maximum atomic E-state index is 12.6. The minimum atomic E-state index is -0.0442. The number of benzene rings is 1. The average Bonchev–Trinajstić information content (AvgIpc) is 3.13. The average molecular weight is 316 g/mol. The summed E-state index contributed by atoms with van der Waals surface area (Å²) in [6, 6.07) is 8.93. The Balaban J connectivity index is 1.84. The highest BCUT2D eigenvalue weighted by molar-refractivity contribution is 6.30. The molecule has 0 radical (unpaired) electrons. The molecule has 4 nitrogen and oxygen atoms in total. The molecule has 2 aliphatic carbocycles. The molecular weight excluding hydrogens is 298 g/mol. The normalized spacial score (nSPS) is 25.8. The minimum Gasteiger partial charge on any atom is -0.373 e. The summed E-state index contributed by atoms with van der Waals surface area (Å²) in [6.45, 7) is 0. The van der Waals surface area contributed by atoms with Crippen LogP contribution in [0.2, 0.25) is 5.02 Å². The van der Waals surface area contributed by atoms with Crippen LogP contribution in [0.3, 0.4) is 0 Å². The van der Waals surface area contributed by atoms with Gasteiger partial charge in [0.25, 0.3) is 5.56 Å². The molecule has 1 aromatic carbocycles. The SMILES string of the molecule is CNc1cc(=O)n(-c2ccc(Cl)cc2)c(C2C[C@@H]3C[C@@H]3C2)n1. The van der Waals surface area contributed by atoms with Crippen LogP contribution in [0.15, 0.2) is 35.1 Å². The van der Waals surface area contributed by atoms with Gasteiger partial charge in [-0.2, -0.15) is 0 Å². The Hall–Kier alpha value is -1.81. The summed E-state index contributed by atoms with van der Waals surface area (Å²) in [5.41, 5.74) is 0.789. The van der Waals surface area contributed by atoms with Crippen molar-refractivity contribution in [1.82, 2.24) is 9.55 Å². The zero-order valence-electron chi connectivity index (χ0n) is 12.4. The molecule has 2 aromatic rings. The molecule has 0 spiro atoms. The van der Waals surface area contributed by atoms with Crippen LogP contribution in [0.4, 0.5) is 5.82 Å². The van der Waals surface area contributed by atoms with Crippen LogP contribution in [0.5, 0.6) is 0 Å². The number of halogens is 1. The highest BCUT2D eigenvalue weighted by Gasteiger charge is 2.47. The molecule has 114 valence electrons. The van der Waals surface area contributed by atoms with Crippen LogP contribution < -0.4 is 10.9 Å². The molecule has 2 aliphatic rings. The lowest BCUT2D eigenvalue weighted by Gasteiger charge is -2.19. The van der Waals surface area contributed by atoms with Crippen LogP contribution in [0, 0.1) is 11.8 Å². The van der Waals surface area contributed by atoms with Crippen molar-refractivity contribution in [3.63, 3.8) is 0 Å². The van der Waals surface area contributed by atoms with E-state index in [4.69, 9.17) is 16.6 Å². The summed E-state index contributed by atoms with van der Waals surface area (Å²) in [5, 5.41) is 3.66. The second-order valence-corrected chi connectivity index (χ2v) is 6.76. The van der Waals surface area contributed by atoms with Crippen LogP contribution in [-0.4, -0.2) is 16.6 Å². The van der Waals surface area contributed by atoms with Gasteiger partial charge in [0, 0.05) is 24.1 Å². The van der Waals surface area contributed by atoms with Gasteiger partial charge in [-0.25, -0.2) is 4.98 Å². The third-order valence-corrected chi connectivity index (χ3v) is 5.15. The van der Waals surface area contributed by atoms with Crippen molar-refractivity contribution in [2.45, 2.75) is 25.2 Å². The molecule has 0 amide bonds. The van der Waals surface area contributed by atoms with Crippen LogP contribution in [0.1, 0.15) is 31.0 Å². The number of rotatable bonds is 3. The van der Waals surface area contributed by atoms with Crippen molar-refractivity contribution < 1.29 is 0 Å². The van der Waals surface area contributed by atoms with E-state index in [1.165, 1.54) is 6.42 Å². The van der Waals surface area contributed by atoms with Crippen LogP contribution in [-0.2, 0) is 0 Å². The molecule has 3 atom stereocenters. The zero-order valence-corrected chi connectivity index (χ0v) is 13.2. The van der Waals surface area contributed by atoms with E-state index in [9.17, 15) is 4.79 Å². The fourth-order valence-electron chi connectivity index (χ4n) is 3.68. The fraction of sp³-hybridized carbons (Fsp3) is 0.412. The molecule has 22 heavy (non-hydrogen) atoms. The van der Waals surface area contributed by atoms with Crippen LogP contribution in [0.25, 0.3) is 5.69 Å². The molecule has 1 heterocycles. The third-order valence-electron chi connectivity index (χ3n) is 4.89. The predicted octanol–water partition coefficient (Wildman–Crippen LogP) is 3.44. The molecule has 4 rings (SSSR count). The van der Waals surface area contributed by atoms with Gasteiger partial charge in [-0.15, -0.1) is 0 Å². The topological polar surface area (TPSA) is 46.9 Å². The Bertz CT molecular complexity index is 758. The van der Waals surface area contributed by atoms with Gasteiger partial charge in [0.2, 0.25) is 0 Å². The minimum absolute atomic E-state index is 0.0442. The first-order chi connectivity index (χ1) is 10.7. The zero-order chi connectivity index (χ0) is 15.3. The van der Waals surface area contributed by atoms with E-state index in [2.05, 4.69) is 5.32 Å². The largest absolute Gasteiger partial charge is 0.373 e. The van der Waals surface area contributed by atoms with Gasteiger partial charge in [0.1, 0.15) is 11.6 Å². The lowest BCUT2D eigenvalue weighted by atomic mass is 10.0. The van der Waals surface area contributed by atoms with Crippen molar-refractivity contribution in [2.24, 2.45) is 11.8 Å². The lowest BCUT2D eigenvalue weighted by Crippen LogP contribution is -2.25. The molecule has 1 unspecified atom stereocenters. The Labute approximate surface area is 134 Å². The first-order valence-electron chi connectivity index (χ1n) is 7.73. The molecule has 2 saturated carbocycles. The standard InChI is InChI=1S/C17H18ClN3O/c1-19-15-9-16(22)21(14-4-2-13(18)3-5-14)17(20-15)12-7-10-6-11(10)8-12/h2-5,9-12,19H,6-8H2,1H3/t10-,11+,12?. The van der Waals surface area contributed by atoms with Gasteiger partial charge in [-0.3, -0.25) is 9.36 Å². The second-order valence-electron chi connectivity index (χ2n) is 6.32. The summed E-state index contributed by atoms with van der Waals surface area (Å²) in [7, 11) is 1.80. The number of fused-ring (bicyclic) bond motifs is 1. The molecule has 2 fully saturated rings. The van der Waals surface area contributed by atoms with Crippen molar-refractivity contribution in [2.75, 3.05) is 12.4 Å². The maximum Gasteiger partial charge on any atom is 0.260 e. The number of nitrogens with one attached hydrogen (secondary N) is 1.